The molecule has 1 saturated heterocycles. The second kappa shape index (κ2) is 3.73. The Morgan fingerprint density at radius 2 is 2.43 bits per heavy atom. The van der Waals surface area contributed by atoms with Gasteiger partial charge in [0.05, 0.1) is 12.3 Å². The summed E-state index contributed by atoms with van der Waals surface area (Å²) in [5.74, 6) is -1.01. The van der Waals surface area contributed by atoms with E-state index in [1.165, 1.54) is 0 Å². The summed E-state index contributed by atoms with van der Waals surface area (Å²) < 4.78 is 10.3. The van der Waals surface area contributed by atoms with Crippen LogP contribution in [-0.2, 0) is 14.3 Å². The van der Waals surface area contributed by atoms with Crippen molar-refractivity contribution in [1.82, 2.24) is 4.98 Å². The average Bonchev–Trinajstić information content (AvgIpc) is 2.68. The number of aromatic nitrogens is 1. The molecular formula is C9H9NO4. The van der Waals surface area contributed by atoms with Crippen LogP contribution < -0.4 is 0 Å². The highest BCUT2D eigenvalue weighted by Crippen LogP contribution is 2.24. The molecule has 0 saturated carbocycles. The number of hydrogen-bond donors (Lipinski definition) is 1. The maximum absolute atomic E-state index is 10.6. The number of ether oxygens (including phenoxy) is 2. The zero-order valence-electron chi connectivity index (χ0n) is 7.29. The van der Waals surface area contributed by atoms with Gasteiger partial charge in [-0.25, -0.2) is 4.79 Å². The Balaban J connectivity index is 2.06. The largest absolute Gasteiger partial charge is 0.479 e. The summed E-state index contributed by atoms with van der Waals surface area (Å²) in [6.45, 7) is 0.0660. The van der Waals surface area contributed by atoms with Gasteiger partial charge in [0.25, 0.3) is 0 Å². The molecule has 0 amide bonds. The van der Waals surface area contributed by atoms with Crippen molar-refractivity contribution in [1.29, 1.82) is 0 Å². The molecule has 1 N–H and O–H groups in total. The first-order chi connectivity index (χ1) is 6.77. The van der Waals surface area contributed by atoms with Gasteiger partial charge in [0.15, 0.2) is 6.10 Å². The summed E-state index contributed by atoms with van der Waals surface area (Å²) in [6.07, 6.45) is 0.0650. The number of carboxylic acid groups (broad SMARTS) is 1. The van der Waals surface area contributed by atoms with Gasteiger partial charge >= 0.3 is 5.97 Å². The molecule has 2 unspecified atom stereocenters. The van der Waals surface area contributed by atoms with Crippen molar-refractivity contribution in [2.45, 2.75) is 12.4 Å². The highest BCUT2D eigenvalue weighted by Gasteiger charge is 2.32. The second-order valence-corrected chi connectivity index (χ2v) is 2.88. The van der Waals surface area contributed by atoms with Gasteiger partial charge < -0.3 is 14.6 Å². The average molecular weight is 195 g/mol. The molecule has 1 aromatic rings. The summed E-state index contributed by atoms with van der Waals surface area (Å²) in [5.41, 5.74) is 0.594. The van der Waals surface area contributed by atoms with E-state index in [9.17, 15) is 4.79 Å². The summed E-state index contributed by atoms with van der Waals surface area (Å²) in [7, 11) is 0. The van der Waals surface area contributed by atoms with Crippen molar-refractivity contribution in [2.24, 2.45) is 0 Å². The van der Waals surface area contributed by atoms with Crippen LogP contribution in [0.1, 0.15) is 12.0 Å². The highest BCUT2D eigenvalue weighted by molar-refractivity contribution is 5.72. The van der Waals surface area contributed by atoms with E-state index in [1.54, 1.807) is 24.4 Å². The van der Waals surface area contributed by atoms with E-state index in [0.717, 1.165) is 0 Å². The minimum absolute atomic E-state index is 0.0660. The van der Waals surface area contributed by atoms with Crippen molar-refractivity contribution in [2.75, 3.05) is 6.61 Å². The lowest BCUT2D eigenvalue weighted by Gasteiger charge is -2.07. The molecule has 2 atom stereocenters. The molecule has 1 aromatic heterocycles. The minimum atomic E-state index is -1.01. The minimum Gasteiger partial charge on any atom is -0.479 e. The fourth-order valence-corrected chi connectivity index (χ4v) is 1.20. The van der Waals surface area contributed by atoms with Gasteiger partial charge in [-0.15, -0.1) is 0 Å². The van der Waals surface area contributed by atoms with Gasteiger partial charge in [0.2, 0.25) is 6.29 Å². The zero-order chi connectivity index (χ0) is 9.97. The van der Waals surface area contributed by atoms with E-state index in [-0.39, 0.29) is 6.61 Å². The molecule has 74 valence electrons. The molecular weight excluding hydrogens is 186 g/mol. The first-order valence-electron chi connectivity index (χ1n) is 4.18. The fourth-order valence-electron chi connectivity index (χ4n) is 1.20. The molecule has 1 aliphatic heterocycles. The SMILES string of the molecule is O=C(O)C1COC(c2ccccn2)O1. The Morgan fingerprint density at radius 3 is 3.00 bits per heavy atom. The van der Waals surface area contributed by atoms with E-state index in [0.29, 0.717) is 5.69 Å². The van der Waals surface area contributed by atoms with Crippen LogP contribution in [0.15, 0.2) is 24.4 Å². The molecule has 0 aromatic carbocycles. The normalized spacial score (nSPS) is 26.3. The molecule has 2 heterocycles. The molecule has 0 bridgehead atoms. The van der Waals surface area contributed by atoms with Crippen LogP contribution >= 0.6 is 0 Å². The van der Waals surface area contributed by atoms with Crippen LogP contribution in [0.3, 0.4) is 0 Å². The van der Waals surface area contributed by atoms with Crippen molar-refractivity contribution in [3.05, 3.63) is 30.1 Å². The number of aliphatic carboxylic acids is 1. The highest BCUT2D eigenvalue weighted by atomic mass is 16.7. The third kappa shape index (κ3) is 1.73. The van der Waals surface area contributed by atoms with Gasteiger partial charge in [-0.1, -0.05) is 6.07 Å². The van der Waals surface area contributed by atoms with Gasteiger partial charge in [-0.2, -0.15) is 0 Å². The lowest BCUT2D eigenvalue weighted by atomic mass is 10.3. The monoisotopic (exact) mass is 195 g/mol. The molecule has 0 spiro atoms. The maximum Gasteiger partial charge on any atom is 0.335 e. The van der Waals surface area contributed by atoms with Crippen molar-refractivity contribution < 1.29 is 19.4 Å². The maximum atomic E-state index is 10.6. The molecule has 14 heavy (non-hydrogen) atoms. The lowest BCUT2D eigenvalue weighted by Crippen LogP contribution is -2.21. The summed E-state index contributed by atoms with van der Waals surface area (Å²) in [5, 5.41) is 8.65. The van der Waals surface area contributed by atoms with E-state index < -0.39 is 18.4 Å². The quantitative estimate of drug-likeness (QED) is 0.747. The topological polar surface area (TPSA) is 68.7 Å². The zero-order valence-corrected chi connectivity index (χ0v) is 7.29. The standard InChI is InChI=1S/C9H9NO4/c11-8(12)7-5-13-9(14-7)6-3-1-2-4-10-6/h1-4,7,9H,5H2,(H,11,12). The van der Waals surface area contributed by atoms with Crippen LogP contribution in [0.2, 0.25) is 0 Å². The molecule has 0 radical (unpaired) electrons. The Kier molecular flexibility index (Phi) is 2.43. The Bertz CT molecular complexity index is 327. The van der Waals surface area contributed by atoms with E-state index in [2.05, 4.69) is 4.98 Å². The Labute approximate surface area is 80.3 Å². The molecule has 2 rings (SSSR count). The van der Waals surface area contributed by atoms with Crippen molar-refractivity contribution in [3.63, 3.8) is 0 Å². The van der Waals surface area contributed by atoms with Gasteiger partial charge in [-0.05, 0) is 12.1 Å². The first-order valence-corrected chi connectivity index (χ1v) is 4.18. The van der Waals surface area contributed by atoms with Crippen molar-refractivity contribution >= 4 is 5.97 Å². The summed E-state index contributed by atoms with van der Waals surface area (Å²) >= 11 is 0. The molecule has 0 aliphatic carbocycles. The van der Waals surface area contributed by atoms with Crippen LogP contribution in [-0.4, -0.2) is 28.8 Å². The smallest absolute Gasteiger partial charge is 0.335 e. The van der Waals surface area contributed by atoms with E-state index >= 15 is 0 Å². The molecule has 5 heteroatoms. The molecule has 5 nitrogen and oxygen atoms in total. The fraction of sp³-hybridized carbons (Fsp3) is 0.333. The number of nitrogens with zero attached hydrogens (tertiary/aromatic N) is 1. The van der Waals surface area contributed by atoms with Crippen LogP contribution in [0.4, 0.5) is 0 Å². The number of rotatable bonds is 2. The Morgan fingerprint density at radius 1 is 1.57 bits per heavy atom. The predicted octanol–water partition coefficient (Wildman–Crippen LogP) is 0.580. The summed E-state index contributed by atoms with van der Waals surface area (Å²) in [4.78, 5) is 14.6. The van der Waals surface area contributed by atoms with Crippen LogP contribution in [0.5, 0.6) is 0 Å². The van der Waals surface area contributed by atoms with Crippen LogP contribution in [0, 0.1) is 0 Å². The Hall–Kier alpha value is -1.46. The molecule has 1 fully saturated rings. The first kappa shape index (κ1) is 9.11. The van der Waals surface area contributed by atoms with Crippen molar-refractivity contribution in [3.8, 4) is 0 Å². The van der Waals surface area contributed by atoms with Crippen LogP contribution in [0.25, 0.3) is 0 Å². The van der Waals surface area contributed by atoms with Gasteiger partial charge in [0, 0.05) is 6.20 Å². The summed E-state index contributed by atoms with van der Waals surface area (Å²) in [6, 6.07) is 5.30. The third-order valence-corrected chi connectivity index (χ3v) is 1.89. The second-order valence-electron chi connectivity index (χ2n) is 2.88. The van der Waals surface area contributed by atoms with Gasteiger partial charge in [-0.3, -0.25) is 4.98 Å². The molecule has 1 aliphatic rings. The van der Waals surface area contributed by atoms with E-state index in [1.807, 2.05) is 0 Å². The third-order valence-electron chi connectivity index (χ3n) is 1.89. The predicted molar refractivity (Wildman–Crippen MR) is 45.4 cm³/mol. The van der Waals surface area contributed by atoms with Gasteiger partial charge in [0.1, 0.15) is 0 Å². The van der Waals surface area contributed by atoms with E-state index in [4.69, 9.17) is 14.6 Å². The number of pyridine rings is 1. The lowest BCUT2D eigenvalue weighted by molar-refractivity contribution is -0.150. The number of carbonyl (C=O) groups is 1. The number of carboxylic acids is 1. The number of hydrogen-bond acceptors (Lipinski definition) is 4.